The van der Waals surface area contributed by atoms with Gasteiger partial charge in [0, 0.05) is 24.5 Å². The molecule has 5 nitrogen and oxygen atoms in total. The molecule has 104 valence electrons. The van der Waals surface area contributed by atoms with Crippen molar-refractivity contribution in [1.29, 1.82) is 0 Å². The van der Waals surface area contributed by atoms with E-state index in [0.29, 0.717) is 13.2 Å². The molecule has 19 heavy (non-hydrogen) atoms. The largest absolute Gasteiger partial charge is 0.447 e. The van der Waals surface area contributed by atoms with Crippen LogP contribution in [-0.2, 0) is 9.47 Å². The van der Waals surface area contributed by atoms with Crippen molar-refractivity contribution in [3.8, 4) is 0 Å². The lowest BCUT2D eigenvalue weighted by molar-refractivity contribution is 0.106. The molecule has 1 aromatic rings. The number of benzene rings is 1. The zero-order chi connectivity index (χ0) is 13.8. The summed E-state index contributed by atoms with van der Waals surface area (Å²) in [5, 5.41) is 3.37. The third kappa shape index (κ3) is 3.17. The van der Waals surface area contributed by atoms with E-state index in [1.54, 1.807) is 12.0 Å². The molecule has 1 amide bonds. The van der Waals surface area contributed by atoms with Crippen LogP contribution in [0.15, 0.2) is 24.3 Å². The number of anilines is 2. The van der Waals surface area contributed by atoms with Crippen molar-refractivity contribution in [1.82, 2.24) is 0 Å². The van der Waals surface area contributed by atoms with Gasteiger partial charge in [-0.3, -0.25) is 4.90 Å². The quantitative estimate of drug-likeness (QED) is 0.887. The highest BCUT2D eigenvalue weighted by Gasteiger charge is 2.23. The van der Waals surface area contributed by atoms with Crippen molar-refractivity contribution in [2.45, 2.75) is 26.0 Å². The van der Waals surface area contributed by atoms with Gasteiger partial charge in [-0.15, -0.1) is 0 Å². The number of nitrogens with one attached hydrogen (secondary N) is 1. The van der Waals surface area contributed by atoms with Crippen LogP contribution in [0, 0.1) is 0 Å². The van der Waals surface area contributed by atoms with Crippen LogP contribution in [0.3, 0.4) is 0 Å². The summed E-state index contributed by atoms with van der Waals surface area (Å²) in [6, 6.07) is 7.94. The summed E-state index contributed by atoms with van der Waals surface area (Å²) in [6.07, 6.45) is -0.170. The standard InChI is InChI=1S/C14H20N2O3/c1-10(11(2)18-3)15-12-5-4-6-13(9-12)16-7-8-19-14(16)17/h4-6,9-11,15H,7-8H2,1-3H3. The fraction of sp³-hybridized carbons (Fsp3) is 0.500. The molecule has 1 aliphatic rings. The first-order chi connectivity index (χ1) is 9.11. The van der Waals surface area contributed by atoms with Gasteiger partial charge in [0.15, 0.2) is 0 Å². The van der Waals surface area contributed by atoms with Crippen molar-refractivity contribution in [2.75, 3.05) is 30.5 Å². The second kappa shape index (κ2) is 5.93. The fourth-order valence-corrected chi connectivity index (χ4v) is 1.98. The van der Waals surface area contributed by atoms with Gasteiger partial charge in [0.1, 0.15) is 6.61 Å². The van der Waals surface area contributed by atoms with Crippen LogP contribution in [0.1, 0.15) is 13.8 Å². The van der Waals surface area contributed by atoms with E-state index in [1.165, 1.54) is 0 Å². The van der Waals surface area contributed by atoms with Gasteiger partial charge in [0.2, 0.25) is 0 Å². The predicted molar refractivity (Wildman–Crippen MR) is 74.7 cm³/mol. The normalized spacial score (nSPS) is 18.1. The van der Waals surface area contributed by atoms with E-state index in [9.17, 15) is 4.79 Å². The Balaban J connectivity index is 2.09. The van der Waals surface area contributed by atoms with Gasteiger partial charge >= 0.3 is 6.09 Å². The number of hydrogen-bond donors (Lipinski definition) is 1. The molecule has 1 N–H and O–H groups in total. The zero-order valence-corrected chi connectivity index (χ0v) is 11.6. The molecule has 0 radical (unpaired) electrons. The molecule has 0 bridgehead atoms. The van der Waals surface area contributed by atoms with Gasteiger partial charge in [-0.25, -0.2) is 4.79 Å². The van der Waals surface area contributed by atoms with E-state index in [2.05, 4.69) is 12.2 Å². The number of cyclic esters (lactones) is 1. The topological polar surface area (TPSA) is 50.8 Å². The van der Waals surface area contributed by atoms with E-state index in [0.717, 1.165) is 11.4 Å². The maximum absolute atomic E-state index is 11.5. The SMILES string of the molecule is COC(C)C(C)Nc1cccc(N2CCOC2=O)c1. The highest BCUT2D eigenvalue weighted by molar-refractivity contribution is 5.89. The summed E-state index contributed by atoms with van der Waals surface area (Å²) in [5.74, 6) is 0. The van der Waals surface area contributed by atoms with Crippen molar-refractivity contribution < 1.29 is 14.3 Å². The second-order valence-corrected chi connectivity index (χ2v) is 4.69. The van der Waals surface area contributed by atoms with Crippen LogP contribution in [0.25, 0.3) is 0 Å². The predicted octanol–water partition coefficient (Wildman–Crippen LogP) is 2.48. The van der Waals surface area contributed by atoms with E-state index in [-0.39, 0.29) is 18.2 Å². The molecule has 2 rings (SSSR count). The monoisotopic (exact) mass is 264 g/mol. The molecular weight excluding hydrogens is 244 g/mol. The molecule has 0 aliphatic carbocycles. The molecule has 2 unspecified atom stereocenters. The van der Waals surface area contributed by atoms with Crippen LogP contribution in [-0.4, -0.2) is 38.5 Å². The van der Waals surface area contributed by atoms with Crippen LogP contribution in [0.2, 0.25) is 0 Å². The van der Waals surface area contributed by atoms with Gasteiger partial charge < -0.3 is 14.8 Å². The lowest BCUT2D eigenvalue weighted by Crippen LogP contribution is -2.30. The Morgan fingerprint density at radius 2 is 2.21 bits per heavy atom. The summed E-state index contributed by atoms with van der Waals surface area (Å²) >= 11 is 0. The van der Waals surface area contributed by atoms with Crippen molar-refractivity contribution in [3.63, 3.8) is 0 Å². The average Bonchev–Trinajstić information content (AvgIpc) is 2.84. The molecule has 5 heteroatoms. The molecule has 1 heterocycles. The molecule has 1 aliphatic heterocycles. The first-order valence-corrected chi connectivity index (χ1v) is 6.45. The molecule has 0 saturated carbocycles. The first-order valence-electron chi connectivity index (χ1n) is 6.45. The summed E-state index contributed by atoms with van der Waals surface area (Å²) in [7, 11) is 1.69. The Labute approximate surface area is 113 Å². The van der Waals surface area contributed by atoms with Gasteiger partial charge in [-0.2, -0.15) is 0 Å². The minimum Gasteiger partial charge on any atom is -0.447 e. The van der Waals surface area contributed by atoms with Crippen molar-refractivity contribution in [3.05, 3.63) is 24.3 Å². The van der Waals surface area contributed by atoms with Crippen LogP contribution in [0.4, 0.5) is 16.2 Å². The Hall–Kier alpha value is -1.75. The number of methoxy groups -OCH3 is 1. The highest BCUT2D eigenvalue weighted by atomic mass is 16.6. The number of carbonyl (C=O) groups excluding carboxylic acids is 1. The van der Waals surface area contributed by atoms with Gasteiger partial charge in [0.05, 0.1) is 12.6 Å². The molecule has 0 aromatic heterocycles. The average molecular weight is 264 g/mol. The van der Waals surface area contributed by atoms with Crippen molar-refractivity contribution in [2.24, 2.45) is 0 Å². The van der Waals surface area contributed by atoms with E-state index >= 15 is 0 Å². The van der Waals surface area contributed by atoms with Gasteiger partial charge in [-0.05, 0) is 32.0 Å². The van der Waals surface area contributed by atoms with Gasteiger partial charge in [0.25, 0.3) is 0 Å². The number of ether oxygens (including phenoxy) is 2. The number of nitrogens with zero attached hydrogens (tertiary/aromatic N) is 1. The Morgan fingerprint density at radius 3 is 2.84 bits per heavy atom. The Kier molecular flexibility index (Phi) is 4.27. The summed E-state index contributed by atoms with van der Waals surface area (Å²) in [4.78, 5) is 13.2. The van der Waals surface area contributed by atoms with Crippen molar-refractivity contribution >= 4 is 17.5 Å². The maximum Gasteiger partial charge on any atom is 0.414 e. The minimum absolute atomic E-state index is 0.111. The second-order valence-electron chi connectivity index (χ2n) is 4.69. The summed E-state index contributed by atoms with van der Waals surface area (Å²) < 4.78 is 10.2. The molecule has 1 aromatic carbocycles. The molecule has 2 atom stereocenters. The minimum atomic E-state index is -0.282. The maximum atomic E-state index is 11.5. The zero-order valence-electron chi connectivity index (χ0n) is 11.6. The number of hydrogen-bond acceptors (Lipinski definition) is 4. The Bertz CT molecular complexity index is 450. The van der Waals surface area contributed by atoms with Crippen LogP contribution in [0.5, 0.6) is 0 Å². The lowest BCUT2D eigenvalue weighted by atomic mass is 10.2. The third-order valence-corrected chi connectivity index (χ3v) is 3.39. The summed E-state index contributed by atoms with van der Waals surface area (Å²) in [6.45, 7) is 5.13. The van der Waals surface area contributed by atoms with E-state index in [1.807, 2.05) is 31.2 Å². The first kappa shape index (κ1) is 13.7. The Morgan fingerprint density at radius 1 is 1.42 bits per heavy atom. The fourth-order valence-electron chi connectivity index (χ4n) is 1.98. The molecule has 0 spiro atoms. The molecule has 1 saturated heterocycles. The smallest absolute Gasteiger partial charge is 0.414 e. The summed E-state index contributed by atoms with van der Waals surface area (Å²) in [5.41, 5.74) is 1.82. The highest BCUT2D eigenvalue weighted by Crippen LogP contribution is 2.23. The van der Waals surface area contributed by atoms with Crippen LogP contribution >= 0.6 is 0 Å². The third-order valence-electron chi connectivity index (χ3n) is 3.39. The van der Waals surface area contributed by atoms with E-state index < -0.39 is 0 Å². The van der Waals surface area contributed by atoms with E-state index in [4.69, 9.17) is 9.47 Å². The number of rotatable bonds is 5. The van der Waals surface area contributed by atoms with Gasteiger partial charge in [-0.1, -0.05) is 6.07 Å². The van der Waals surface area contributed by atoms with Crippen LogP contribution < -0.4 is 10.2 Å². The molecular formula is C14H20N2O3. The lowest BCUT2D eigenvalue weighted by Gasteiger charge is -2.22. The number of carbonyl (C=O) groups is 1. The molecule has 1 fully saturated rings. The number of amides is 1.